The molecule has 0 saturated carbocycles. The third-order valence-electron chi connectivity index (χ3n) is 10.7. The fourth-order valence-corrected chi connectivity index (χ4v) is 8.77. The zero-order valence-electron chi connectivity index (χ0n) is 32.7. The summed E-state index contributed by atoms with van der Waals surface area (Å²) < 4.78 is 5.97. The second-order valence-corrected chi connectivity index (χ2v) is 16.0. The maximum Gasteiger partial charge on any atom is 0.245 e. The second kappa shape index (κ2) is 20.2. The Hall–Kier alpha value is -4.60. The molecule has 0 spiro atoms. The number of carbonyl (C=O) groups excluding carboxylic acids is 3. The highest BCUT2D eigenvalue weighted by molar-refractivity contribution is 7.99. The molecule has 0 fully saturated rings. The molecule has 0 radical (unpaired) electrons. The van der Waals surface area contributed by atoms with Gasteiger partial charge in [0, 0.05) is 49.5 Å². The van der Waals surface area contributed by atoms with Gasteiger partial charge in [0.05, 0.1) is 18.0 Å². The predicted octanol–water partition coefficient (Wildman–Crippen LogP) is 5.00. The van der Waals surface area contributed by atoms with Gasteiger partial charge < -0.3 is 42.0 Å². The molecule has 57 heavy (non-hydrogen) atoms. The number of thiol groups is 1. The molecule has 0 bridgehead atoms. The van der Waals surface area contributed by atoms with Crippen LogP contribution in [0.3, 0.4) is 0 Å². The Kier molecular flexibility index (Phi) is 14.9. The van der Waals surface area contributed by atoms with Crippen molar-refractivity contribution in [1.29, 1.82) is 0 Å². The Morgan fingerprint density at radius 2 is 1.74 bits per heavy atom. The Morgan fingerprint density at radius 3 is 2.51 bits per heavy atom. The Morgan fingerprint density at radius 1 is 0.947 bits per heavy atom. The summed E-state index contributed by atoms with van der Waals surface area (Å²) in [5, 5.41) is 10.5. The minimum Gasteiger partial charge on any atom is -0.496 e. The van der Waals surface area contributed by atoms with Gasteiger partial charge in [0.1, 0.15) is 22.9 Å². The van der Waals surface area contributed by atoms with Gasteiger partial charge in [-0.25, -0.2) is 4.98 Å². The number of H-pyrrole nitrogens is 1. The molecule has 6 rings (SSSR count). The number of amides is 3. The van der Waals surface area contributed by atoms with Crippen molar-refractivity contribution in [2.45, 2.75) is 97.4 Å². The van der Waals surface area contributed by atoms with Gasteiger partial charge >= 0.3 is 0 Å². The minimum absolute atomic E-state index is 0.140. The van der Waals surface area contributed by atoms with E-state index in [0.717, 1.165) is 66.7 Å². The molecule has 8 N–H and O–H groups in total. The van der Waals surface area contributed by atoms with Gasteiger partial charge in [0.2, 0.25) is 17.7 Å². The molecule has 1 aliphatic carbocycles. The number of aromatic nitrogens is 2. The van der Waals surface area contributed by atoms with Crippen molar-refractivity contribution in [2.24, 2.45) is 11.5 Å². The van der Waals surface area contributed by atoms with E-state index in [1.165, 1.54) is 16.7 Å². The van der Waals surface area contributed by atoms with Crippen LogP contribution < -0.4 is 32.2 Å². The van der Waals surface area contributed by atoms with E-state index in [-0.39, 0.29) is 30.7 Å². The summed E-state index contributed by atoms with van der Waals surface area (Å²) in [6.07, 6.45) is 12.6. The summed E-state index contributed by atoms with van der Waals surface area (Å²) in [6.45, 7) is 1.34. The molecule has 14 heteroatoms. The monoisotopic (exact) mass is 810 g/mol. The minimum atomic E-state index is -0.893. The van der Waals surface area contributed by atoms with Crippen molar-refractivity contribution in [1.82, 2.24) is 30.8 Å². The first kappa shape index (κ1) is 42.0. The number of methoxy groups -OCH3 is 1. The number of nitrogens with zero attached hydrogens (tertiary/aromatic N) is 2. The number of rotatable bonds is 11. The maximum atomic E-state index is 14.8. The Bertz CT molecular complexity index is 2050. The van der Waals surface area contributed by atoms with Crippen molar-refractivity contribution >= 4 is 48.2 Å². The van der Waals surface area contributed by atoms with Crippen LogP contribution in [0.25, 0.3) is 17.2 Å². The molecule has 1 aliphatic heterocycles. The number of nitrogens with two attached hydrogens (primary N) is 2. The molecule has 2 aromatic heterocycles. The average Bonchev–Trinajstić information content (AvgIpc) is 3.64. The van der Waals surface area contributed by atoms with Gasteiger partial charge in [-0.15, -0.1) is 12.6 Å². The standard InChI is InChI=1S/C43H54N8O4S2/c1-51-37(23-29-25-47-34-11-4-3-10-32(29)34)41(53)49-26-33-31(27-14-16-30(56)17-15-27)18-19-38(55-2)39(33)57-42-28(9-8-22-46-42)24-48-35(13-7-21-45)40(52)50-36(43(51)54)12-5-6-20-44/h4,8-9,11,14-19,22,25,35-37,47-48,56H,3,5-7,10,12-13,20-21,23-24,26,44-45H2,1-2H3,(H,49,53)(H,50,52). The SMILES string of the molecule is COc1ccc(-c2ccc(S)cc2)c2c1Sc1ncccc1CNC(CCCN)C(=O)NC(CCCCN)C(=O)N(C)C(Cc1c[nH]c3c1CCC=C3)C(=O)NC2. The molecule has 0 saturated heterocycles. The number of allylic oxidation sites excluding steroid dienone is 1. The van der Waals surface area contributed by atoms with Crippen LogP contribution in [0.2, 0.25) is 0 Å². The highest BCUT2D eigenvalue weighted by Gasteiger charge is 2.35. The van der Waals surface area contributed by atoms with E-state index >= 15 is 0 Å². The van der Waals surface area contributed by atoms with Crippen LogP contribution in [0, 0.1) is 0 Å². The summed E-state index contributed by atoms with van der Waals surface area (Å²) in [5.74, 6) is -0.342. The van der Waals surface area contributed by atoms with Crippen LogP contribution in [0.1, 0.15) is 66.5 Å². The van der Waals surface area contributed by atoms with Gasteiger partial charge in [0.25, 0.3) is 0 Å². The molecular weight excluding hydrogens is 757 g/mol. The number of aromatic amines is 1. The van der Waals surface area contributed by atoms with Crippen LogP contribution in [-0.4, -0.2) is 78.0 Å². The number of benzene rings is 2. The largest absolute Gasteiger partial charge is 0.496 e. The summed E-state index contributed by atoms with van der Waals surface area (Å²) >= 11 is 5.97. The lowest BCUT2D eigenvalue weighted by Gasteiger charge is -2.32. The molecule has 302 valence electrons. The van der Waals surface area contributed by atoms with Gasteiger partial charge in [0.15, 0.2) is 0 Å². The zero-order valence-corrected chi connectivity index (χ0v) is 34.4. The van der Waals surface area contributed by atoms with Crippen LogP contribution in [0.15, 0.2) is 81.8 Å². The zero-order chi connectivity index (χ0) is 40.3. The van der Waals surface area contributed by atoms with Crippen LogP contribution in [-0.2, 0) is 40.3 Å². The van der Waals surface area contributed by atoms with E-state index < -0.39 is 18.1 Å². The quantitative estimate of drug-likeness (QED) is 0.0812. The van der Waals surface area contributed by atoms with E-state index in [0.29, 0.717) is 57.5 Å². The topological polar surface area (TPSA) is 180 Å². The van der Waals surface area contributed by atoms with Crippen molar-refractivity contribution < 1.29 is 19.1 Å². The number of hydrogen-bond donors (Lipinski definition) is 7. The molecule has 3 amide bonds. The first-order valence-corrected chi connectivity index (χ1v) is 20.9. The summed E-state index contributed by atoms with van der Waals surface area (Å²) in [6, 6.07) is 13.2. The number of hydrogen-bond acceptors (Lipinski definition) is 10. The summed E-state index contributed by atoms with van der Waals surface area (Å²) in [7, 11) is 3.28. The molecule has 4 aromatic rings. The average molecular weight is 811 g/mol. The number of fused-ring (bicyclic) bond motifs is 3. The molecule has 3 atom stereocenters. The van der Waals surface area contributed by atoms with Crippen LogP contribution in [0.5, 0.6) is 5.75 Å². The second-order valence-electron chi connectivity index (χ2n) is 14.5. The molecular formula is C43H54N8O4S2. The molecule has 3 unspecified atom stereocenters. The van der Waals surface area contributed by atoms with Gasteiger partial charge in [-0.1, -0.05) is 42.1 Å². The lowest BCUT2D eigenvalue weighted by Crippen LogP contribution is -2.57. The van der Waals surface area contributed by atoms with Crippen molar-refractivity contribution in [3.8, 4) is 16.9 Å². The van der Waals surface area contributed by atoms with Gasteiger partial charge in [-0.3, -0.25) is 14.4 Å². The highest BCUT2D eigenvalue weighted by atomic mass is 32.2. The Balaban J connectivity index is 1.48. The van der Waals surface area contributed by atoms with Crippen molar-refractivity contribution in [3.63, 3.8) is 0 Å². The van der Waals surface area contributed by atoms with Gasteiger partial charge in [-0.05, 0) is 122 Å². The molecule has 2 aromatic carbocycles. The number of unbranched alkanes of at least 4 members (excludes halogenated alkanes) is 1. The number of ether oxygens (including phenoxy) is 1. The van der Waals surface area contributed by atoms with Crippen molar-refractivity contribution in [2.75, 3.05) is 27.2 Å². The lowest BCUT2D eigenvalue weighted by atomic mass is 9.95. The number of carbonyl (C=O) groups is 3. The molecule has 2 aliphatic rings. The van der Waals surface area contributed by atoms with E-state index in [1.807, 2.05) is 54.7 Å². The van der Waals surface area contributed by atoms with E-state index in [1.54, 1.807) is 20.4 Å². The van der Waals surface area contributed by atoms with E-state index in [9.17, 15) is 14.4 Å². The first-order chi connectivity index (χ1) is 27.7. The third kappa shape index (κ3) is 10.3. The lowest BCUT2D eigenvalue weighted by molar-refractivity contribution is -0.142. The fraction of sp³-hybridized carbons (Fsp3) is 0.395. The van der Waals surface area contributed by atoms with E-state index in [4.69, 9.17) is 21.2 Å². The van der Waals surface area contributed by atoms with Crippen LogP contribution in [0.4, 0.5) is 0 Å². The smallest absolute Gasteiger partial charge is 0.245 e. The predicted molar refractivity (Wildman–Crippen MR) is 228 cm³/mol. The third-order valence-corrected chi connectivity index (χ3v) is 12.2. The summed E-state index contributed by atoms with van der Waals surface area (Å²) in [5.41, 5.74) is 18.5. The molecule has 3 heterocycles. The van der Waals surface area contributed by atoms with Gasteiger partial charge in [-0.2, -0.15) is 0 Å². The summed E-state index contributed by atoms with van der Waals surface area (Å²) in [4.78, 5) is 54.8. The van der Waals surface area contributed by atoms with E-state index in [2.05, 4.69) is 45.7 Å². The number of nitrogens with one attached hydrogen (secondary N) is 4. The van der Waals surface area contributed by atoms with Crippen LogP contribution >= 0.6 is 24.4 Å². The maximum absolute atomic E-state index is 14.8. The fourth-order valence-electron chi connectivity index (χ4n) is 7.49. The van der Waals surface area contributed by atoms with Crippen molar-refractivity contribution in [3.05, 3.63) is 94.9 Å². The Labute approximate surface area is 344 Å². The normalized spacial score (nSPS) is 19.2. The molecule has 12 nitrogen and oxygen atoms in total. The number of likely N-dealkylation sites (N-methyl/N-ethyl adjacent to an activating group) is 1. The highest BCUT2D eigenvalue weighted by Crippen LogP contribution is 2.42. The number of pyridine rings is 1. The first-order valence-electron chi connectivity index (χ1n) is 19.7.